The van der Waals surface area contributed by atoms with Crippen LogP contribution in [-0.4, -0.2) is 44.7 Å². The van der Waals surface area contributed by atoms with Gasteiger partial charge in [0, 0.05) is 29.4 Å². The van der Waals surface area contributed by atoms with Crippen molar-refractivity contribution < 1.29 is 14.3 Å². The molecule has 0 aliphatic carbocycles. The van der Waals surface area contributed by atoms with Gasteiger partial charge < -0.3 is 15.5 Å². The van der Waals surface area contributed by atoms with Gasteiger partial charge in [-0.05, 0) is 56.0 Å². The highest BCUT2D eigenvalue weighted by Crippen LogP contribution is 2.43. The number of aryl methyl sites for hydroxylation is 1. The van der Waals surface area contributed by atoms with Crippen LogP contribution in [0.3, 0.4) is 0 Å². The lowest BCUT2D eigenvalue weighted by atomic mass is 9.95. The van der Waals surface area contributed by atoms with Gasteiger partial charge in [-0.1, -0.05) is 24.3 Å². The van der Waals surface area contributed by atoms with Gasteiger partial charge in [-0.15, -0.1) is 0 Å². The number of nitrogens with two attached hydrogens (primary N) is 1. The topological polar surface area (TPSA) is 136 Å². The van der Waals surface area contributed by atoms with Crippen molar-refractivity contribution in [3.05, 3.63) is 82.3 Å². The zero-order valence-electron chi connectivity index (χ0n) is 21.5. The fraction of sp³-hybridized carbons (Fsp3) is 0.207. The Kier molecular flexibility index (Phi) is 5.86. The zero-order chi connectivity index (χ0) is 27.3. The van der Waals surface area contributed by atoms with Crippen molar-refractivity contribution in [2.75, 3.05) is 18.1 Å². The second kappa shape index (κ2) is 9.39. The first-order chi connectivity index (χ1) is 18.9. The van der Waals surface area contributed by atoms with E-state index in [1.165, 1.54) is 10.9 Å². The van der Waals surface area contributed by atoms with Crippen molar-refractivity contribution >= 4 is 39.5 Å². The minimum absolute atomic E-state index is 0.0933. The molecule has 1 aliphatic heterocycles. The summed E-state index contributed by atoms with van der Waals surface area (Å²) in [5, 5.41) is 1.18. The summed E-state index contributed by atoms with van der Waals surface area (Å²) < 4.78 is 6.88. The summed E-state index contributed by atoms with van der Waals surface area (Å²) in [5.41, 5.74) is 11.1. The first-order valence-corrected chi connectivity index (χ1v) is 12.7. The third kappa shape index (κ3) is 3.83. The van der Waals surface area contributed by atoms with E-state index in [9.17, 15) is 14.4 Å². The third-order valence-electron chi connectivity index (χ3n) is 7.20. The highest BCUT2D eigenvalue weighted by molar-refractivity contribution is 6.15. The fourth-order valence-electron chi connectivity index (χ4n) is 5.44. The van der Waals surface area contributed by atoms with Crippen molar-refractivity contribution in [1.82, 2.24) is 19.5 Å². The van der Waals surface area contributed by atoms with Crippen molar-refractivity contribution in [1.29, 1.82) is 0 Å². The Morgan fingerprint density at radius 3 is 2.72 bits per heavy atom. The van der Waals surface area contributed by atoms with Crippen LogP contribution in [0.2, 0.25) is 0 Å². The summed E-state index contributed by atoms with van der Waals surface area (Å²) in [6.45, 7) is 4.40. The van der Waals surface area contributed by atoms with E-state index in [1.807, 2.05) is 37.3 Å². The molecule has 3 N–H and O–H groups in total. The number of para-hydroxylation sites is 1. The van der Waals surface area contributed by atoms with Gasteiger partial charge in [-0.25, -0.2) is 14.8 Å². The largest absolute Gasteiger partial charge is 0.449 e. The second-order valence-electron chi connectivity index (χ2n) is 9.43. The number of aromatic nitrogens is 4. The number of H-pyrrole nitrogens is 1. The maximum Gasteiger partial charge on any atom is 0.414 e. The molecule has 2 amide bonds. The lowest BCUT2D eigenvalue weighted by molar-refractivity contribution is 0.0997. The SMILES string of the molecule is CCOC(=O)N1CCCc2[nH]c3c(C(N)=O)ncc(-c4cccc(-n5cnc6ccccc6c5=O)c4C)c3c21. The van der Waals surface area contributed by atoms with Crippen LogP contribution in [-0.2, 0) is 11.2 Å². The number of benzene rings is 2. The molecular formula is C29H26N6O4. The Morgan fingerprint density at radius 1 is 1.10 bits per heavy atom. The van der Waals surface area contributed by atoms with Crippen molar-refractivity contribution in [2.45, 2.75) is 26.7 Å². The standard InChI is InChI=1S/C29H26N6O4/c1-3-39-29(38)34-13-7-11-21-26(34)23-19(14-31-25(27(30)36)24(23)33-21)17-9-6-12-22(16(17)2)35-15-32-20-10-5-4-8-18(20)28(35)37/h4-6,8-10,12,14-15,33H,3,7,11,13H2,1-2H3,(H2,30,36). The number of pyridine rings is 1. The molecule has 0 fully saturated rings. The Morgan fingerprint density at radius 2 is 1.92 bits per heavy atom. The van der Waals surface area contributed by atoms with Crippen LogP contribution in [0.1, 0.15) is 35.1 Å². The molecular weight excluding hydrogens is 496 g/mol. The number of carbonyl (C=O) groups excluding carboxylic acids is 2. The average molecular weight is 523 g/mol. The third-order valence-corrected chi connectivity index (χ3v) is 7.20. The van der Waals surface area contributed by atoms with Crippen LogP contribution in [0.25, 0.3) is 38.6 Å². The first-order valence-electron chi connectivity index (χ1n) is 12.7. The van der Waals surface area contributed by atoms with Gasteiger partial charge in [0.15, 0.2) is 5.69 Å². The molecule has 196 valence electrons. The van der Waals surface area contributed by atoms with E-state index >= 15 is 0 Å². The predicted octanol–water partition coefficient (Wildman–Crippen LogP) is 4.25. The van der Waals surface area contributed by atoms with E-state index in [1.54, 1.807) is 30.2 Å². The highest BCUT2D eigenvalue weighted by Gasteiger charge is 2.31. The number of nitrogens with zero attached hydrogens (tertiary/aromatic N) is 4. The monoisotopic (exact) mass is 522 g/mol. The van der Waals surface area contributed by atoms with Crippen LogP contribution < -0.4 is 16.2 Å². The molecule has 10 heteroatoms. The lowest BCUT2D eigenvalue weighted by Gasteiger charge is -2.27. The number of primary amides is 1. The van der Waals surface area contributed by atoms with Crippen LogP contribution in [0.5, 0.6) is 0 Å². The molecule has 0 unspecified atom stereocenters. The summed E-state index contributed by atoms with van der Waals surface area (Å²) in [6.07, 6.45) is 4.10. The van der Waals surface area contributed by atoms with Gasteiger partial charge in [-0.2, -0.15) is 0 Å². The fourth-order valence-corrected chi connectivity index (χ4v) is 5.44. The van der Waals surface area contributed by atoms with E-state index in [-0.39, 0.29) is 17.9 Å². The molecule has 5 aromatic rings. The van der Waals surface area contributed by atoms with Gasteiger partial charge in [-0.3, -0.25) is 19.1 Å². The molecule has 0 bridgehead atoms. The number of amides is 2. The molecule has 4 heterocycles. The molecule has 1 aliphatic rings. The molecule has 0 atom stereocenters. The molecule has 10 nitrogen and oxygen atoms in total. The Labute approximate surface area is 223 Å². The molecule has 0 saturated carbocycles. The van der Waals surface area contributed by atoms with Crippen molar-refractivity contribution in [3.8, 4) is 16.8 Å². The number of hydrogen-bond acceptors (Lipinski definition) is 6. The Balaban J connectivity index is 1.62. The number of hydrogen-bond donors (Lipinski definition) is 2. The predicted molar refractivity (Wildman–Crippen MR) is 148 cm³/mol. The molecule has 0 radical (unpaired) electrons. The van der Waals surface area contributed by atoms with Crippen LogP contribution >= 0.6 is 0 Å². The van der Waals surface area contributed by atoms with Gasteiger partial charge in [0.1, 0.15) is 6.33 Å². The lowest BCUT2D eigenvalue weighted by Crippen LogP contribution is -2.35. The summed E-state index contributed by atoms with van der Waals surface area (Å²) in [7, 11) is 0. The number of anilines is 1. The summed E-state index contributed by atoms with van der Waals surface area (Å²) in [6, 6.07) is 12.9. The van der Waals surface area contributed by atoms with Crippen molar-refractivity contribution in [2.24, 2.45) is 5.73 Å². The normalized spacial score (nSPS) is 13.0. The molecule has 2 aromatic carbocycles. The molecule has 0 saturated heterocycles. The van der Waals surface area contributed by atoms with Gasteiger partial charge in [0.2, 0.25) is 0 Å². The van der Waals surface area contributed by atoms with E-state index in [2.05, 4.69) is 15.0 Å². The summed E-state index contributed by atoms with van der Waals surface area (Å²) in [5.74, 6) is -0.674. The Bertz CT molecular complexity index is 1850. The van der Waals surface area contributed by atoms with E-state index in [0.717, 1.165) is 23.2 Å². The molecule has 3 aromatic heterocycles. The van der Waals surface area contributed by atoms with Crippen LogP contribution in [0, 0.1) is 6.92 Å². The van der Waals surface area contributed by atoms with Gasteiger partial charge >= 0.3 is 6.09 Å². The zero-order valence-corrected chi connectivity index (χ0v) is 21.5. The molecule has 6 rings (SSSR count). The number of aromatic amines is 1. The minimum atomic E-state index is -0.674. The minimum Gasteiger partial charge on any atom is -0.449 e. The average Bonchev–Trinajstić information content (AvgIpc) is 3.33. The summed E-state index contributed by atoms with van der Waals surface area (Å²) >= 11 is 0. The van der Waals surface area contributed by atoms with E-state index < -0.39 is 12.0 Å². The maximum atomic E-state index is 13.4. The quantitative estimate of drug-likeness (QED) is 0.362. The van der Waals surface area contributed by atoms with Gasteiger partial charge in [0.25, 0.3) is 11.5 Å². The van der Waals surface area contributed by atoms with E-state index in [4.69, 9.17) is 10.5 Å². The number of rotatable bonds is 4. The van der Waals surface area contributed by atoms with Crippen LogP contribution in [0.4, 0.5) is 10.5 Å². The number of carbonyl (C=O) groups is 2. The number of fused-ring (bicyclic) bond motifs is 4. The Hall–Kier alpha value is -4.99. The summed E-state index contributed by atoms with van der Waals surface area (Å²) in [4.78, 5) is 52.5. The smallest absolute Gasteiger partial charge is 0.414 e. The number of ether oxygens (including phenoxy) is 1. The first kappa shape index (κ1) is 24.4. The highest BCUT2D eigenvalue weighted by atomic mass is 16.6. The number of nitrogens with one attached hydrogen (secondary N) is 1. The molecule has 0 spiro atoms. The second-order valence-corrected chi connectivity index (χ2v) is 9.43. The van der Waals surface area contributed by atoms with Crippen molar-refractivity contribution in [3.63, 3.8) is 0 Å². The molecule has 39 heavy (non-hydrogen) atoms. The van der Waals surface area contributed by atoms with Gasteiger partial charge in [0.05, 0.1) is 34.4 Å². The van der Waals surface area contributed by atoms with E-state index in [0.29, 0.717) is 51.7 Å². The van der Waals surface area contributed by atoms with Crippen LogP contribution in [0.15, 0.2) is 59.8 Å². The maximum absolute atomic E-state index is 13.4.